The highest BCUT2D eigenvalue weighted by Crippen LogP contribution is 2.35. The molecule has 0 bridgehead atoms. The molecule has 120 valence electrons. The third-order valence-corrected chi connectivity index (χ3v) is 5.57. The van der Waals surface area contributed by atoms with Gasteiger partial charge in [0.2, 0.25) is 10.0 Å². The molecule has 1 rings (SSSR count). The fourth-order valence-electron chi connectivity index (χ4n) is 1.29. The van der Waals surface area contributed by atoms with Gasteiger partial charge in [0.15, 0.2) is 4.34 Å². The van der Waals surface area contributed by atoms with Crippen LogP contribution in [0.25, 0.3) is 0 Å². The third-order valence-electron chi connectivity index (χ3n) is 2.30. The van der Waals surface area contributed by atoms with Crippen molar-refractivity contribution in [1.82, 2.24) is 4.72 Å². The number of nitrogens with one attached hydrogen (secondary N) is 1. The second kappa shape index (κ2) is 8.61. The number of rotatable bonds is 10. The van der Waals surface area contributed by atoms with E-state index in [1.165, 1.54) is 0 Å². The standard InChI is InChI=1S/C10H15ClN2O6S2/c1-18-5-6-19-4-2-3-12-21(16,17)9-7-8(13(14)15)10(11)20-9/h7,12H,2-6H2,1H3. The molecule has 0 amide bonds. The van der Waals surface area contributed by atoms with Gasteiger partial charge in [-0.25, -0.2) is 13.1 Å². The summed E-state index contributed by atoms with van der Waals surface area (Å²) in [4.78, 5) is 9.91. The zero-order valence-electron chi connectivity index (χ0n) is 11.2. The zero-order chi connectivity index (χ0) is 15.9. The van der Waals surface area contributed by atoms with Crippen LogP contribution in [0.2, 0.25) is 4.34 Å². The molecule has 0 atom stereocenters. The number of halogens is 1. The summed E-state index contributed by atoms with van der Waals surface area (Å²) in [6.07, 6.45) is 0.476. The highest BCUT2D eigenvalue weighted by atomic mass is 35.5. The molecular weight excluding hydrogens is 344 g/mol. The van der Waals surface area contributed by atoms with Crippen LogP contribution in [0.4, 0.5) is 5.69 Å². The van der Waals surface area contributed by atoms with E-state index in [1.54, 1.807) is 7.11 Å². The molecule has 21 heavy (non-hydrogen) atoms. The van der Waals surface area contributed by atoms with Gasteiger partial charge in [-0.15, -0.1) is 11.3 Å². The van der Waals surface area contributed by atoms with Crippen molar-refractivity contribution in [1.29, 1.82) is 0 Å². The average Bonchev–Trinajstić information content (AvgIpc) is 2.81. The van der Waals surface area contributed by atoms with Crippen LogP contribution in [0.5, 0.6) is 0 Å². The van der Waals surface area contributed by atoms with Gasteiger partial charge in [0.05, 0.1) is 18.1 Å². The van der Waals surface area contributed by atoms with Crippen molar-refractivity contribution < 1.29 is 22.8 Å². The molecule has 1 N–H and O–H groups in total. The largest absolute Gasteiger partial charge is 0.382 e. The minimum atomic E-state index is -3.79. The van der Waals surface area contributed by atoms with E-state index in [1.807, 2.05) is 0 Å². The fraction of sp³-hybridized carbons (Fsp3) is 0.600. The Labute approximate surface area is 131 Å². The smallest absolute Gasteiger partial charge is 0.300 e. The molecule has 1 aromatic rings. The summed E-state index contributed by atoms with van der Waals surface area (Å²) in [5.74, 6) is 0. The van der Waals surface area contributed by atoms with Crippen molar-refractivity contribution in [2.24, 2.45) is 0 Å². The molecule has 0 radical (unpaired) electrons. The van der Waals surface area contributed by atoms with Gasteiger partial charge in [0, 0.05) is 26.3 Å². The quantitative estimate of drug-likeness (QED) is 0.387. The number of nitro groups is 1. The number of hydrogen-bond donors (Lipinski definition) is 1. The number of hydrogen-bond acceptors (Lipinski definition) is 7. The molecular formula is C10H15ClN2O6S2. The lowest BCUT2D eigenvalue weighted by Crippen LogP contribution is -2.25. The van der Waals surface area contributed by atoms with Crippen molar-refractivity contribution >= 4 is 38.6 Å². The van der Waals surface area contributed by atoms with E-state index in [0.29, 0.717) is 37.6 Å². The first-order valence-electron chi connectivity index (χ1n) is 5.88. The van der Waals surface area contributed by atoms with Crippen LogP contribution >= 0.6 is 22.9 Å². The van der Waals surface area contributed by atoms with Crippen molar-refractivity contribution in [3.05, 3.63) is 20.5 Å². The monoisotopic (exact) mass is 358 g/mol. The topological polar surface area (TPSA) is 108 Å². The van der Waals surface area contributed by atoms with E-state index in [-0.39, 0.29) is 15.1 Å². The van der Waals surface area contributed by atoms with Crippen LogP contribution in [0.1, 0.15) is 6.42 Å². The first kappa shape index (κ1) is 18.3. The molecule has 0 aliphatic carbocycles. The summed E-state index contributed by atoms with van der Waals surface area (Å²) < 4.78 is 35.8. The lowest BCUT2D eigenvalue weighted by atomic mass is 10.5. The van der Waals surface area contributed by atoms with E-state index in [4.69, 9.17) is 21.1 Å². The molecule has 0 fully saturated rings. The summed E-state index contributed by atoms with van der Waals surface area (Å²) in [6, 6.07) is 0.949. The van der Waals surface area contributed by atoms with Crippen molar-refractivity contribution in [3.63, 3.8) is 0 Å². The second-order valence-electron chi connectivity index (χ2n) is 3.84. The minimum Gasteiger partial charge on any atom is -0.382 e. The summed E-state index contributed by atoms with van der Waals surface area (Å²) in [6.45, 7) is 1.47. The Bertz CT molecular complexity index is 574. The van der Waals surface area contributed by atoms with E-state index in [0.717, 1.165) is 6.07 Å². The molecule has 0 aromatic carbocycles. The molecule has 0 unspecified atom stereocenters. The molecule has 0 saturated carbocycles. The fourth-order valence-corrected chi connectivity index (χ4v) is 4.07. The van der Waals surface area contributed by atoms with Crippen LogP contribution in [0.3, 0.4) is 0 Å². The first-order chi connectivity index (χ1) is 9.88. The van der Waals surface area contributed by atoms with Gasteiger partial charge >= 0.3 is 0 Å². The van der Waals surface area contributed by atoms with Crippen LogP contribution in [0, 0.1) is 10.1 Å². The number of thiophene rings is 1. The van der Waals surface area contributed by atoms with Crippen molar-refractivity contribution in [2.75, 3.05) is 33.5 Å². The maximum absolute atomic E-state index is 11.9. The second-order valence-corrected chi connectivity index (χ2v) is 7.49. The predicted molar refractivity (Wildman–Crippen MR) is 78.5 cm³/mol. The summed E-state index contributed by atoms with van der Waals surface area (Å²) >= 11 is 6.28. The average molecular weight is 359 g/mol. The molecule has 1 aromatic heterocycles. The van der Waals surface area contributed by atoms with E-state index >= 15 is 0 Å². The van der Waals surface area contributed by atoms with Gasteiger partial charge in [-0.3, -0.25) is 10.1 Å². The molecule has 11 heteroatoms. The first-order valence-corrected chi connectivity index (χ1v) is 8.56. The molecule has 0 aliphatic rings. The lowest BCUT2D eigenvalue weighted by Gasteiger charge is -2.05. The SMILES string of the molecule is COCCOCCCNS(=O)(=O)c1cc([N+](=O)[O-])c(Cl)s1. The highest BCUT2D eigenvalue weighted by Gasteiger charge is 2.24. The molecule has 0 aliphatic heterocycles. The number of nitrogens with zero attached hydrogens (tertiary/aromatic N) is 1. The Morgan fingerprint density at radius 1 is 1.43 bits per heavy atom. The number of methoxy groups -OCH3 is 1. The Morgan fingerprint density at radius 3 is 2.71 bits per heavy atom. The minimum absolute atomic E-state index is 0.164. The Kier molecular flexibility index (Phi) is 7.49. The van der Waals surface area contributed by atoms with Gasteiger partial charge in [0.1, 0.15) is 4.21 Å². The third kappa shape index (κ3) is 5.85. The van der Waals surface area contributed by atoms with Gasteiger partial charge in [-0.1, -0.05) is 11.6 Å². The maximum Gasteiger partial charge on any atom is 0.300 e. The Hall–Kier alpha value is -0.780. The Balaban J connectivity index is 2.47. The number of ether oxygens (including phenoxy) is 2. The van der Waals surface area contributed by atoms with Gasteiger partial charge in [-0.05, 0) is 6.42 Å². The highest BCUT2D eigenvalue weighted by molar-refractivity contribution is 7.91. The molecule has 1 heterocycles. The molecule has 8 nitrogen and oxygen atoms in total. The van der Waals surface area contributed by atoms with Crippen LogP contribution in [-0.2, 0) is 19.5 Å². The predicted octanol–water partition coefficient (Wildman–Crippen LogP) is 1.64. The molecule has 0 spiro atoms. The normalized spacial score (nSPS) is 11.7. The van der Waals surface area contributed by atoms with E-state index in [9.17, 15) is 18.5 Å². The van der Waals surface area contributed by atoms with Gasteiger partial charge < -0.3 is 9.47 Å². The summed E-state index contributed by atoms with van der Waals surface area (Å²) in [5.41, 5.74) is -0.412. The van der Waals surface area contributed by atoms with E-state index < -0.39 is 20.6 Å². The van der Waals surface area contributed by atoms with Crippen LogP contribution in [-0.4, -0.2) is 46.8 Å². The van der Waals surface area contributed by atoms with Crippen LogP contribution in [0.15, 0.2) is 10.3 Å². The lowest BCUT2D eigenvalue weighted by molar-refractivity contribution is -0.384. The zero-order valence-corrected chi connectivity index (χ0v) is 13.6. The summed E-state index contributed by atoms with van der Waals surface area (Å²) in [5, 5.41) is 10.6. The van der Waals surface area contributed by atoms with Crippen molar-refractivity contribution in [3.8, 4) is 0 Å². The van der Waals surface area contributed by atoms with Crippen LogP contribution < -0.4 is 4.72 Å². The van der Waals surface area contributed by atoms with E-state index in [2.05, 4.69) is 4.72 Å². The molecule has 0 saturated heterocycles. The van der Waals surface area contributed by atoms with Gasteiger partial charge in [0.25, 0.3) is 5.69 Å². The Morgan fingerprint density at radius 2 is 2.14 bits per heavy atom. The van der Waals surface area contributed by atoms with Crippen molar-refractivity contribution in [2.45, 2.75) is 10.6 Å². The number of sulfonamides is 1. The summed E-state index contributed by atoms with van der Waals surface area (Å²) in [7, 11) is -2.24. The van der Waals surface area contributed by atoms with Gasteiger partial charge in [-0.2, -0.15) is 0 Å². The maximum atomic E-state index is 11.9.